The van der Waals surface area contributed by atoms with Gasteiger partial charge in [-0.05, 0) is 219 Å². The Balaban J connectivity index is 0.000000148. The summed E-state index contributed by atoms with van der Waals surface area (Å²) < 4.78 is 13.7. The maximum atomic E-state index is 6.31. The number of hydrogen-bond acceptors (Lipinski definition) is 4. The van der Waals surface area contributed by atoms with Crippen molar-refractivity contribution in [1.29, 1.82) is 0 Å². The van der Waals surface area contributed by atoms with Crippen LogP contribution < -0.4 is 51.3 Å². The first-order valence-corrected chi connectivity index (χ1v) is 52.8. The molecule has 0 aliphatic carbocycles. The van der Waals surface area contributed by atoms with Gasteiger partial charge in [-0.1, -0.05) is 425 Å². The van der Waals surface area contributed by atoms with Crippen LogP contribution in [-0.4, -0.2) is 25.3 Å². The van der Waals surface area contributed by atoms with Gasteiger partial charge in [0.25, 0.3) is 0 Å². The SMILES string of the molecule is c1ccc(-n2c3ccccc3c3c(N(c4ccc(-c5ccc([Si](c6ccccc6)(c6ccccc6)c6ccccc6)cc5)cc4)c4ccc(-c5ccc6c(c5)oc5ccccc56)cc4)cccc32)cc1.c1ccc(-n2c3ccccc3c3c(N(c4ccc(-c5ccc([Si](c6ccccc6)(c6ccccc6)c6ccccc6)cc5)cc4)c4ccc(-c5cccc6c5sc5ccccc56)cc4)cccc32)cc1. The Morgan fingerprint density at radius 2 is 0.479 bits per heavy atom. The van der Waals surface area contributed by atoms with E-state index in [4.69, 9.17) is 4.42 Å². The number of aromatic nitrogens is 2. The molecule has 0 unspecified atom stereocenters. The number of benzene rings is 22. The molecular weight excluding hydrogens is 1750 g/mol. The monoisotopic (exact) mass is 1840 g/mol. The highest BCUT2D eigenvalue weighted by atomic mass is 32.1. The van der Waals surface area contributed by atoms with Crippen molar-refractivity contribution in [1.82, 2.24) is 9.13 Å². The first-order chi connectivity index (χ1) is 69.5. The summed E-state index contributed by atoms with van der Waals surface area (Å²) in [5.41, 5.74) is 24.7. The van der Waals surface area contributed by atoms with E-state index in [1.165, 1.54) is 128 Å². The van der Waals surface area contributed by atoms with Crippen LogP contribution in [0.1, 0.15) is 0 Å². The van der Waals surface area contributed by atoms with E-state index in [-0.39, 0.29) is 0 Å². The van der Waals surface area contributed by atoms with Crippen molar-refractivity contribution >= 4 is 189 Å². The minimum absolute atomic E-state index is 0.894. The largest absolute Gasteiger partial charge is 0.456 e. The molecule has 5 nitrogen and oxygen atoms in total. The van der Waals surface area contributed by atoms with Crippen LogP contribution in [0.4, 0.5) is 34.1 Å². The van der Waals surface area contributed by atoms with Crippen molar-refractivity contribution < 1.29 is 4.42 Å². The molecule has 0 fully saturated rings. The fourth-order valence-corrected chi connectivity index (χ4v) is 32.7. The third kappa shape index (κ3) is 14.8. The first-order valence-electron chi connectivity index (χ1n) is 48.0. The number of nitrogens with zero attached hydrogens (tertiary/aromatic N) is 4. The summed E-state index contributed by atoms with van der Waals surface area (Å²) in [6.07, 6.45) is 0. The minimum atomic E-state index is -2.64. The van der Waals surface area contributed by atoms with Gasteiger partial charge in [-0.2, -0.15) is 0 Å². The quantitative estimate of drug-likeness (QED) is 0.0563. The van der Waals surface area contributed by atoms with Gasteiger partial charge in [0.1, 0.15) is 11.2 Å². The molecule has 22 aromatic carbocycles. The molecule has 0 aliphatic heterocycles. The van der Waals surface area contributed by atoms with Crippen molar-refractivity contribution in [2.45, 2.75) is 0 Å². The Morgan fingerprint density at radius 1 is 0.193 bits per heavy atom. The maximum Gasteiger partial charge on any atom is 0.179 e. The van der Waals surface area contributed by atoms with Gasteiger partial charge >= 0.3 is 0 Å². The molecule has 0 amide bonds. The molecule has 4 aromatic heterocycles. The van der Waals surface area contributed by atoms with Gasteiger partial charge in [-0.25, -0.2) is 0 Å². The second-order valence-corrected chi connectivity index (χ2v) is 44.7. The smallest absolute Gasteiger partial charge is 0.179 e. The summed E-state index contributed by atoms with van der Waals surface area (Å²) in [5, 5.41) is 20.7. The predicted molar refractivity (Wildman–Crippen MR) is 600 cm³/mol. The fourth-order valence-electron chi connectivity index (χ4n) is 22.0. The van der Waals surface area contributed by atoms with E-state index in [0.717, 1.165) is 89.6 Å². The van der Waals surface area contributed by atoms with E-state index in [2.05, 4.69) is 565 Å². The average Bonchev–Trinajstić information content (AvgIpc) is 1.39. The van der Waals surface area contributed by atoms with E-state index < -0.39 is 16.1 Å². The second kappa shape index (κ2) is 36.3. The van der Waals surface area contributed by atoms with Gasteiger partial charge < -0.3 is 23.4 Å². The van der Waals surface area contributed by atoms with Gasteiger partial charge in [-0.3, -0.25) is 0 Å². The molecule has 8 heteroatoms. The number of rotatable bonds is 20. The normalized spacial score (nSPS) is 11.7. The summed E-state index contributed by atoms with van der Waals surface area (Å²) in [6, 6.07) is 205. The zero-order chi connectivity index (χ0) is 92.9. The third-order valence-electron chi connectivity index (χ3n) is 28.3. The Labute approximate surface area is 819 Å². The minimum Gasteiger partial charge on any atom is -0.456 e. The van der Waals surface area contributed by atoms with Crippen LogP contribution in [0, 0.1) is 0 Å². The summed E-state index contributed by atoms with van der Waals surface area (Å²) in [6.45, 7) is 0. The molecule has 4 heterocycles. The van der Waals surface area contributed by atoms with Gasteiger partial charge in [0.05, 0.1) is 33.4 Å². The fraction of sp³-hybridized carbons (Fsp3) is 0. The standard InChI is InChI=1S/C66H46N2OSi.C66H46N2SSi/c1-5-18-51(19-6-1)68-61-28-15-13-27-60(61)66-62(29-17-30-63(66)68)67(53-41-34-49(35-42-53)50-38-45-59-58-26-14-16-31-64(58)69-65(59)46-50)52-39-32-47(33-40-52)48-36-43-57(44-37-48)70(54-20-7-2-8-21-54,55-22-9-3-10-23-55)56-24-11-4-12-25-56;1-5-19-50(20-6-1)68-61-31-15-13-28-60(61)65-62(32-18-33-63(65)68)67(52-43-37-49(38-44-52)57-29-17-30-59-58-27-14-16-34-64(58)69-66(57)59)51-41-35-47(36-42-51)48-39-45-56(46-40-48)70(53-21-7-2-8-22-53,54-23-9-3-10-24-54)55-25-11-4-12-26-55/h2*1-46H. The second-order valence-electron chi connectivity index (χ2n) is 36.0. The lowest BCUT2D eigenvalue weighted by Gasteiger charge is -2.34. The highest BCUT2D eigenvalue weighted by molar-refractivity contribution is 7.26. The third-order valence-corrected chi connectivity index (χ3v) is 39.1. The van der Waals surface area contributed by atoms with Crippen LogP contribution in [0.25, 0.3) is 142 Å². The molecule has 0 spiro atoms. The highest BCUT2D eigenvalue weighted by Crippen LogP contribution is 2.49. The van der Waals surface area contributed by atoms with Crippen LogP contribution in [0.2, 0.25) is 0 Å². The first kappa shape index (κ1) is 84.3. The maximum absolute atomic E-state index is 6.31. The van der Waals surface area contributed by atoms with Crippen molar-refractivity contribution in [3.05, 3.63) is 558 Å². The van der Waals surface area contributed by atoms with Crippen LogP contribution >= 0.6 is 11.3 Å². The van der Waals surface area contributed by atoms with Crippen molar-refractivity contribution in [2.24, 2.45) is 0 Å². The lowest BCUT2D eigenvalue weighted by atomic mass is 10.0. The number of anilines is 6. The van der Waals surface area contributed by atoms with Crippen LogP contribution in [0.3, 0.4) is 0 Å². The van der Waals surface area contributed by atoms with Crippen molar-refractivity contribution in [2.75, 3.05) is 9.80 Å². The topological polar surface area (TPSA) is 29.5 Å². The molecular formula is C132H92N4OSSi2. The van der Waals surface area contributed by atoms with E-state index in [1.54, 1.807) is 0 Å². The van der Waals surface area contributed by atoms with Crippen molar-refractivity contribution in [3.8, 4) is 55.9 Å². The van der Waals surface area contributed by atoms with Gasteiger partial charge in [-0.15, -0.1) is 11.3 Å². The van der Waals surface area contributed by atoms with Crippen LogP contribution in [0.15, 0.2) is 563 Å². The number of hydrogen-bond donors (Lipinski definition) is 0. The summed E-state index contributed by atoms with van der Waals surface area (Å²) in [4.78, 5) is 4.86. The van der Waals surface area contributed by atoms with Crippen molar-refractivity contribution in [3.63, 3.8) is 0 Å². The van der Waals surface area contributed by atoms with E-state index >= 15 is 0 Å². The molecule has 0 saturated heterocycles. The van der Waals surface area contributed by atoms with E-state index in [0.29, 0.717) is 0 Å². The Hall–Kier alpha value is -17.5. The Kier molecular flexibility index (Phi) is 21.8. The molecule has 0 bridgehead atoms. The molecule has 140 heavy (non-hydrogen) atoms. The van der Waals surface area contributed by atoms with Gasteiger partial charge in [0, 0.05) is 86.6 Å². The van der Waals surface area contributed by atoms with E-state index in [1.807, 2.05) is 23.5 Å². The Morgan fingerprint density at radius 3 is 0.879 bits per heavy atom. The summed E-state index contributed by atoms with van der Waals surface area (Å²) >= 11 is 1.88. The van der Waals surface area contributed by atoms with Crippen LogP contribution in [0.5, 0.6) is 0 Å². The molecule has 26 rings (SSSR count). The molecule has 0 aliphatic rings. The van der Waals surface area contributed by atoms with Crippen LogP contribution in [-0.2, 0) is 0 Å². The number of fused-ring (bicyclic) bond motifs is 12. The lowest BCUT2D eigenvalue weighted by Crippen LogP contribution is -2.74. The number of furan rings is 1. The summed E-state index contributed by atoms with van der Waals surface area (Å²) in [5.74, 6) is 0. The summed E-state index contributed by atoms with van der Waals surface area (Å²) in [7, 11) is -5.28. The Bertz CT molecular complexity index is 8780. The number of para-hydroxylation sites is 5. The molecule has 660 valence electrons. The highest BCUT2D eigenvalue weighted by Gasteiger charge is 2.43. The average molecular weight is 1840 g/mol. The molecule has 0 N–H and O–H groups in total. The van der Waals surface area contributed by atoms with E-state index in [9.17, 15) is 0 Å². The lowest BCUT2D eigenvalue weighted by molar-refractivity contribution is 0.669. The van der Waals surface area contributed by atoms with Gasteiger partial charge in [0.15, 0.2) is 16.1 Å². The number of thiophene rings is 1. The molecule has 0 saturated carbocycles. The molecule has 26 aromatic rings. The zero-order valence-corrected chi connectivity index (χ0v) is 79.5. The van der Waals surface area contributed by atoms with Gasteiger partial charge in [0.2, 0.25) is 0 Å². The molecule has 0 radical (unpaired) electrons. The predicted octanol–water partition coefficient (Wildman–Crippen LogP) is 30.2. The molecule has 0 atom stereocenters. The zero-order valence-electron chi connectivity index (χ0n) is 76.7.